The molecule has 1 aromatic heterocycles. The minimum absolute atomic E-state index is 0.495. The molecule has 1 heterocycles. The predicted octanol–water partition coefficient (Wildman–Crippen LogP) is 15.0. The third kappa shape index (κ3) is 5.57. The lowest BCUT2D eigenvalue weighted by Crippen LogP contribution is -2.28. The highest BCUT2D eigenvalue weighted by atomic mass is 14.9. The standard InChI is InChI=1S/C59H38N2/c1-4-18-41(19-5-1)58-60-55(44-29-28-39-16-10-11-20-42(39)36-44)38-56(61-58)51-34-33-47(49-26-14-15-27-50(49)51)43-31-35-54-53(37-43)52-32-30-40-17-12-13-25-48(40)57(52)59(54,45-21-6-2-7-22-45)46-23-8-3-9-24-46/h1-38H. The minimum Gasteiger partial charge on any atom is -0.228 e. The minimum atomic E-state index is -0.495. The molecule has 0 aliphatic heterocycles. The molecule has 284 valence electrons. The van der Waals surface area contributed by atoms with E-state index in [1.807, 2.05) is 18.2 Å². The van der Waals surface area contributed by atoms with Gasteiger partial charge in [0.15, 0.2) is 5.82 Å². The van der Waals surface area contributed by atoms with Crippen LogP contribution in [-0.2, 0) is 5.41 Å². The molecule has 0 unspecified atom stereocenters. The largest absolute Gasteiger partial charge is 0.228 e. The maximum atomic E-state index is 5.27. The average molecular weight is 775 g/mol. The van der Waals surface area contributed by atoms with Gasteiger partial charge in [0.2, 0.25) is 0 Å². The van der Waals surface area contributed by atoms with E-state index in [0.717, 1.165) is 33.5 Å². The third-order valence-electron chi connectivity index (χ3n) is 12.7. The molecule has 0 saturated heterocycles. The number of benzene rings is 10. The van der Waals surface area contributed by atoms with E-state index in [-0.39, 0.29) is 0 Å². The lowest BCUT2D eigenvalue weighted by Gasteiger charge is -2.34. The number of hydrogen-bond acceptors (Lipinski definition) is 2. The van der Waals surface area contributed by atoms with Crippen molar-refractivity contribution in [2.24, 2.45) is 0 Å². The highest BCUT2D eigenvalue weighted by Crippen LogP contribution is 2.58. The highest BCUT2D eigenvalue weighted by molar-refractivity contribution is 6.06. The molecule has 0 fully saturated rings. The first-order valence-corrected chi connectivity index (χ1v) is 21.0. The van der Waals surface area contributed by atoms with Gasteiger partial charge in [-0.15, -0.1) is 0 Å². The van der Waals surface area contributed by atoms with Gasteiger partial charge in [-0.3, -0.25) is 0 Å². The molecule has 0 bridgehead atoms. The maximum Gasteiger partial charge on any atom is 0.160 e. The fourth-order valence-corrected chi connectivity index (χ4v) is 10.0. The van der Waals surface area contributed by atoms with Crippen LogP contribution in [0.25, 0.3) is 88.5 Å². The Morgan fingerprint density at radius 2 is 0.836 bits per heavy atom. The summed E-state index contributed by atoms with van der Waals surface area (Å²) >= 11 is 0. The van der Waals surface area contributed by atoms with Gasteiger partial charge in [-0.25, -0.2) is 9.97 Å². The second-order valence-corrected chi connectivity index (χ2v) is 16.0. The molecular formula is C59H38N2. The zero-order chi connectivity index (χ0) is 40.3. The molecule has 0 N–H and O–H groups in total. The van der Waals surface area contributed by atoms with Crippen LogP contribution in [0, 0.1) is 0 Å². The van der Waals surface area contributed by atoms with Gasteiger partial charge in [0.05, 0.1) is 16.8 Å². The van der Waals surface area contributed by atoms with Gasteiger partial charge < -0.3 is 0 Å². The molecule has 1 aliphatic carbocycles. The summed E-state index contributed by atoms with van der Waals surface area (Å²) in [6.07, 6.45) is 0. The molecule has 2 nitrogen and oxygen atoms in total. The Bertz CT molecular complexity index is 3420. The summed E-state index contributed by atoms with van der Waals surface area (Å²) in [5.74, 6) is 0.708. The summed E-state index contributed by atoms with van der Waals surface area (Å²) in [4.78, 5) is 10.4. The number of aromatic nitrogens is 2. The lowest BCUT2D eigenvalue weighted by molar-refractivity contribution is 0.775. The molecule has 0 saturated carbocycles. The molecule has 0 atom stereocenters. The monoisotopic (exact) mass is 774 g/mol. The Balaban J connectivity index is 1.06. The normalized spacial score (nSPS) is 12.7. The summed E-state index contributed by atoms with van der Waals surface area (Å²) in [6.45, 7) is 0. The maximum absolute atomic E-state index is 5.27. The van der Waals surface area contributed by atoms with E-state index in [1.165, 1.54) is 71.4 Å². The third-order valence-corrected chi connectivity index (χ3v) is 12.7. The first kappa shape index (κ1) is 35.0. The molecule has 11 aromatic rings. The Morgan fingerprint density at radius 3 is 1.57 bits per heavy atom. The van der Waals surface area contributed by atoms with Gasteiger partial charge in [-0.1, -0.05) is 212 Å². The summed E-state index contributed by atoms with van der Waals surface area (Å²) in [5.41, 5.74) is 14.5. The molecule has 2 heteroatoms. The lowest BCUT2D eigenvalue weighted by atomic mass is 9.66. The zero-order valence-electron chi connectivity index (χ0n) is 33.3. The molecule has 12 rings (SSSR count). The number of fused-ring (bicyclic) bond motifs is 7. The molecule has 10 aromatic carbocycles. The SMILES string of the molecule is c1ccc(-c2nc(-c3ccc4ccccc4c3)cc(-c3ccc(-c4ccc5c(c4)-c4ccc6ccccc6c4C5(c4ccccc4)c4ccccc4)c4ccccc34)n2)cc1. The van der Waals surface area contributed by atoms with Crippen LogP contribution in [0.4, 0.5) is 0 Å². The van der Waals surface area contributed by atoms with E-state index in [9.17, 15) is 0 Å². The van der Waals surface area contributed by atoms with Crippen LogP contribution in [0.5, 0.6) is 0 Å². The quantitative estimate of drug-likeness (QED) is 0.168. The second kappa shape index (κ2) is 14.1. The van der Waals surface area contributed by atoms with Crippen molar-refractivity contribution in [2.75, 3.05) is 0 Å². The van der Waals surface area contributed by atoms with Gasteiger partial charge in [0, 0.05) is 16.7 Å². The smallest absolute Gasteiger partial charge is 0.160 e. The van der Waals surface area contributed by atoms with Crippen LogP contribution in [-0.4, -0.2) is 9.97 Å². The summed E-state index contributed by atoms with van der Waals surface area (Å²) in [7, 11) is 0. The summed E-state index contributed by atoms with van der Waals surface area (Å²) in [5, 5.41) is 7.25. The Kier molecular flexibility index (Phi) is 8.11. The van der Waals surface area contributed by atoms with Gasteiger partial charge >= 0.3 is 0 Å². The van der Waals surface area contributed by atoms with Crippen LogP contribution in [0.1, 0.15) is 22.3 Å². The van der Waals surface area contributed by atoms with Gasteiger partial charge in [-0.2, -0.15) is 0 Å². The van der Waals surface area contributed by atoms with Crippen LogP contribution in [0.3, 0.4) is 0 Å². The molecule has 0 spiro atoms. The Hall–Kier alpha value is -7.94. The van der Waals surface area contributed by atoms with Gasteiger partial charge in [0.25, 0.3) is 0 Å². The van der Waals surface area contributed by atoms with Crippen molar-refractivity contribution >= 4 is 32.3 Å². The fourth-order valence-electron chi connectivity index (χ4n) is 10.0. The van der Waals surface area contributed by atoms with Gasteiger partial charge in [0.1, 0.15) is 0 Å². The van der Waals surface area contributed by atoms with Crippen LogP contribution < -0.4 is 0 Å². The van der Waals surface area contributed by atoms with Crippen molar-refractivity contribution in [2.45, 2.75) is 5.41 Å². The van der Waals surface area contributed by atoms with Crippen molar-refractivity contribution in [1.29, 1.82) is 0 Å². The molecule has 0 radical (unpaired) electrons. The Labute approximate surface area is 355 Å². The van der Waals surface area contributed by atoms with Crippen LogP contribution in [0.15, 0.2) is 231 Å². The first-order chi connectivity index (χ1) is 30.2. The van der Waals surface area contributed by atoms with Crippen molar-refractivity contribution in [3.8, 4) is 56.2 Å². The van der Waals surface area contributed by atoms with E-state index < -0.39 is 5.41 Å². The van der Waals surface area contributed by atoms with E-state index in [0.29, 0.717) is 5.82 Å². The van der Waals surface area contributed by atoms with E-state index >= 15 is 0 Å². The number of nitrogens with zero attached hydrogens (tertiary/aromatic N) is 2. The topological polar surface area (TPSA) is 25.8 Å². The summed E-state index contributed by atoms with van der Waals surface area (Å²) < 4.78 is 0. The van der Waals surface area contributed by atoms with Crippen molar-refractivity contribution in [1.82, 2.24) is 9.97 Å². The molecule has 0 amide bonds. The number of hydrogen-bond donors (Lipinski definition) is 0. The highest BCUT2D eigenvalue weighted by Gasteiger charge is 2.47. The molecule has 1 aliphatic rings. The average Bonchev–Trinajstić information content (AvgIpc) is 3.65. The zero-order valence-corrected chi connectivity index (χ0v) is 33.3. The van der Waals surface area contributed by atoms with Crippen LogP contribution in [0.2, 0.25) is 0 Å². The van der Waals surface area contributed by atoms with Gasteiger partial charge in [-0.05, 0) is 95.0 Å². The van der Waals surface area contributed by atoms with E-state index in [1.54, 1.807) is 0 Å². The second-order valence-electron chi connectivity index (χ2n) is 16.0. The number of rotatable bonds is 6. The molecular weight excluding hydrogens is 737 g/mol. The Morgan fingerprint density at radius 1 is 0.295 bits per heavy atom. The van der Waals surface area contributed by atoms with E-state index in [2.05, 4.69) is 212 Å². The molecule has 61 heavy (non-hydrogen) atoms. The van der Waals surface area contributed by atoms with E-state index in [4.69, 9.17) is 9.97 Å². The van der Waals surface area contributed by atoms with Crippen LogP contribution >= 0.6 is 0 Å². The van der Waals surface area contributed by atoms with Crippen molar-refractivity contribution in [3.05, 3.63) is 253 Å². The first-order valence-electron chi connectivity index (χ1n) is 21.0. The van der Waals surface area contributed by atoms with Crippen molar-refractivity contribution < 1.29 is 0 Å². The van der Waals surface area contributed by atoms with Crippen molar-refractivity contribution in [3.63, 3.8) is 0 Å². The predicted molar refractivity (Wildman–Crippen MR) is 254 cm³/mol. The fraction of sp³-hybridized carbons (Fsp3) is 0.0169. The summed E-state index contributed by atoms with van der Waals surface area (Å²) in [6, 6.07) is 83.7.